The van der Waals surface area contributed by atoms with Crippen LogP contribution in [-0.4, -0.2) is 23.3 Å². The molecule has 0 unspecified atom stereocenters. The Hall–Kier alpha value is -2.44. The number of aromatic hydroxyl groups is 1. The summed E-state index contributed by atoms with van der Waals surface area (Å²) in [6.45, 7) is 13.4. The van der Waals surface area contributed by atoms with Crippen LogP contribution in [0.3, 0.4) is 0 Å². The largest absolute Gasteiger partial charge is 0.507 e. The molecule has 1 amide bonds. The third-order valence-electron chi connectivity index (χ3n) is 4.71. The number of phenolic OH excluding ortho intramolecular Hbond substituents is 1. The molecule has 0 aliphatic heterocycles. The molecule has 0 spiro atoms. The van der Waals surface area contributed by atoms with Crippen LogP contribution < -0.4 is 0 Å². The second kappa shape index (κ2) is 10.0. The molecule has 0 saturated carbocycles. The zero-order valence-corrected chi connectivity index (χ0v) is 21.0. The number of rotatable bonds is 5. The van der Waals surface area contributed by atoms with E-state index in [1.807, 2.05) is 41.5 Å². The van der Waals surface area contributed by atoms with Gasteiger partial charge in [-0.3, -0.25) is 4.79 Å². The molecule has 0 atom stereocenters. The van der Waals surface area contributed by atoms with Gasteiger partial charge in [0, 0.05) is 16.7 Å². The van der Waals surface area contributed by atoms with E-state index in [9.17, 15) is 9.90 Å². The van der Waals surface area contributed by atoms with E-state index in [-0.39, 0.29) is 23.2 Å². The Morgan fingerprint density at radius 2 is 1.53 bits per heavy atom. The van der Waals surface area contributed by atoms with Crippen molar-refractivity contribution in [2.24, 2.45) is 15.4 Å². The molecule has 2 rings (SSSR count). The van der Waals surface area contributed by atoms with Crippen LogP contribution in [0.1, 0.15) is 65.2 Å². The van der Waals surface area contributed by atoms with Gasteiger partial charge in [-0.1, -0.05) is 76.0 Å². The SMILES string of the molecule is CC(=NOCC(=O)N=Nc1cc(C(C)(C)C)c(O)c(C(C)(C)C)c1)c1ccc(Cl)c(Cl)c1. The molecule has 172 valence electrons. The molecule has 0 saturated heterocycles. The fraction of sp³-hybridized carbons (Fsp3) is 0.417. The molecular formula is C24H29Cl2N3O3. The minimum atomic E-state index is -0.585. The lowest BCUT2D eigenvalue weighted by molar-refractivity contribution is -0.122. The molecule has 0 radical (unpaired) electrons. The van der Waals surface area contributed by atoms with Crippen molar-refractivity contribution < 1.29 is 14.7 Å². The zero-order valence-electron chi connectivity index (χ0n) is 19.5. The molecular weight excluding hydrogens is 449 g/mol. The summed E-state index contributed by atoms with van der Waals surface area (Å²) in [7, 11) is 0. The van der Waals surface area contributed by atoms with E-state index in [1.54, 1.807) is 37.3 Å². The van der Waals surface area contributed by atoms with Gasteiger partial charge < -0.3 is 9.94 Å². The van der Waals surface area contributed by atoms with Gasteiger partial charge in [-0.2, -0.15) is 0 Å². The molecule has 0 aliphatic carbocycles. The molecule has 2 aromatic rings. The smallest absolute Gasteiger partial charge is 0.304 e. The number of carbonyl (C=O) groups excluding carboxylic acids is 1. The highest BCUT2D eigenvalue weighted by Crippen LogP contribution is 2.41. The molecule has 6 nitrogen and oxygen atoms in total. The first-order chi connectivity index (χ1) is 14.7. The summed E-state index contributed by atoms with van der Waals surface area (Å²) >= 11 is 11.9. The van der Waals surface area contributed by atoms with Crippen LogP contribution >= 0.6 is 23.2 Å². The van der Waals surface area contributed by atoms with E-state index in [1.165, 1.54) is 0 Å². The predicted molar refractivity (Wildman–Crippen MR) is 130 cm³/mol. The van der Waals surface area contributed by atoms with Gasteiger partial charge in [0.1, 0.15) is 5.75 Å². The third-order valence-corrected chi connectivity index (χ3v) is 5.45. The first kappa shape index (κ1) is 25.8. The molecule has 0 heterocycles. The van der Waals surface area contributed by atoms with Crippen LogP contribution in [0.4, 0.5) is 5.69 Å². The molecule has 8 heteroatoms. The Morgan fingerprint density at radius 1 is 0.969 bits per heavy atom. The number of hydrogen-bond acceptors (Lipinski definition) is 5. The summed E-state index contributed by atoms with van der Waals surface area (Å²) in [5, 5.41) is 23.4. The summed E-state index contributed by atoms with van der Waals surface area (Å²) in [5.41, 5.74) is 2.62. The summed E-state index contributed by atoms with van der Waals surface area (Å²) in [4.78, 5) is 17.2. The number of azo groups is 1. The lowest BCUT2D eigenvalue weighted by atomic mass is 9.79. The normalized spacial score (nSPS) is 13.0. The topological polar surface area (TPSA) is 83.6 Å². The number of hydrogen-bond donors (Lipinski definition) is 1. The van der Waals surface area contributed by atoms with E-state index in [2.05, 4.69) is 15.4 Å². The van der Waals surface area contributed by atoms with Crippen molar-refractivity contribution in [3.05, 3.63) is 57.1 Å². The van der Waals surface area contributed by atoms with Gasteiger partial charge in [0.25, 0.3) is 0 Å². The van der Waals surface area contributed by atoms with E-state index < -0.39 is 5.91 Å². The van der Waals surface area contributed by atoms with E-state index in [0.717, 1.165) is 16.7 Å². The Morgan fingerprint density at radius 3 is 2.03 bits per heavy atom. The second-order valence-electron chi connectivity index (χ2n) is 9.56. The van der Waals surface area contributed by atoms with E-state index in [0.29, 0.717) is 21.4 Å². The fourth-order valence-corrected chi connectivity index (χ4v) is 3.22. The van der Waals surface area contributed by atoms with Gasteiger partial charge in [0.2, 0.25) is 0 Å². The van der Waals surface area contributed by atoms with Crippen molar-refractivity contribution in [1.29, 1.82) is 0 Å². The van der Waals surface area contributed by atoms with Crippen LogP contribution in [0.5, 0.6) is 5.75 Å². The molecule has 2 aromatic carbocycles. The number of amides is 1. The average Bonchev–Trinajstić information content (AvgIpc) is 2.67. The number of nitrogens with zero attached hydrogens (tertiary/aromatic N) is 3. The molecule has 0 aromatic heterocycles. The lowest BCUT2D eigenvalue weighted by Gasteiger charge is -2.27. The molecule has 1 N–H and O–H groups in total. The van der Waals surface area contributed by atoms with Crippen LogP contribution in [-0.2, 0) is 20.5 Å². The zero-order chi connectivity index (χ0) is 24.3. The molecule has 0 aliphatic rings. The fourth-order valence-electron chi connectivity index (χ4n) is 2.92. The van der Waals surface area contributed by atoms with E-state index in [4.69, 9.17) is 28.0 Å². The summed E-state index contributed by atoms with van der Waals surface area (Å²) in [5.74, 6) is -0.343. The first-order valence-corrected chi connectivity index (χ1v) is 10.9. The number of benzene rings is 2. The summed E-state index contributed by atoms with van der Waals surface area (Å²) in [6.07, 6.45) is 0. The van der Waals surface area contributed by atoms with Crippen molar-refractivity contribution in [2.75, 3.05) is 6.61 Å². The summed E-state index contributed by atoms with van der Waals surface area (Å²) in [6, 6.07) is 8.57. The van der Waals surface area contributed by atoms with Crippen LogP contribution in [0, 0.1) is 0 Å². The maximum atomic E-state index is 12.1. The highest BCUT2D eigenvalue weighted by Gasteiger charge is 2.26. The predicted octanol–water partition coefficient (Wildman–Crippen LogP) is 7.35. The Balaban J connectivity index is 2.15. The van der Waals surface area contributed by atoms with Crippen LogP contribution in [0.15, 0.2) is 45.7 Å². The van der Waals surface area contributed by atoms with Crippen molar-refractivity contribution in [3.8, 4) is 5.75 Å². The average molecular weight is 478 g/mol. The maximum Gasteiger partial charge on any atom is 0.304 e. The summed E-state index contributed by atoms with van der Waals surface area (Å²) < 4.78 is 0. The third kappa shape index (κ3) is 6.78. The number of oxime groups is 1. The molecule has 0 fully saturated rings. The van der Waals surface area contributed by atoms with Gasteiger partial charge >= 0.3 is 5.91 Å². The molecule has 0 bridgehead atoms. The van der Waals surface area contributed by atoms with Gasteiger partial charge in [-0.05, 0) is 42.0 Å². The number of phenols is 1. The Bertz CT molecular complexity index is 1030. The van der Waals surface area contributed by atoms with Crippen LogP contribution in [0.2, 0.25) is 10.0 Å². The highest BCUT2D eigenvalue weighted by molar-refractivity contribution is 6.42. The van der Waals surface area contributed by atoms with Crippen LogP contribution in [0.25, 0.3) is 0 Å². The van der Waals surface area contributed by atoms with Gasteiger partial charge in [0.05, 0.1) is 21.4 Å². The first-order valence-electron chi connectivity index (χ1n) is 10.1. The monoisotopic (exact) mass is 477 g/mol. The van der Waals surface area contributed by atoms with Gasteiger partial charge in [-0.25, -0.2) is 0 Å². The maximum absolute atomic E-state index is 12.1. The van der Waals surface area contributed by atoms with Crippen molar-refractivity contribution in [2.45, 2.75) is 59.3 Å². The lowest BCUT2D eigenvalue weighted by Crippen LogP contribution is -2.16. The van der Waals surface area contributed by atoms with Crippen molar-refractivity contribution in [3.63, 3.8) is 0 Å². The second-order valence-corrected chi connectivity index (χ2v) is 10.4. The van der Waals surface area contributed by atoms with E-state index >= 15 is 0 Å². The van der Waals surface area contributed by atoms with Crippen molar-refractivity contribution in [1.82, 2.24) is 0 Å². The Kier molecular flexibility index (Phi) is 8.07. The quantitative estimate of drug-likeness (QED) is 0.277. The number of carbonyl (C=O) groups is 1. The van der Waals surface area contributed by atoms with Gasteiger partial charge in [0.15, 0.2) is 6.61 Å². The Labute approximate surface area is 199 Å². The van der Waals surface area contributed by atoms with Crippen molar-refractivity contribution >= 4 is 40.5 Å². The highest BCUT2D eigenvalue weighted by atomic mass is 35.5. The minimum Gasteiger partial charge on any atom is -0.507 e. The minimum absolute atomic E-state index is 0.241. The molecule has 32 heavy (non-hydrogen) atoms. The standard InChI is InChI=1S/C24H29Cl2N3O3/c1-14(15-8-9-19(25)20(26)10-15)29-32-13-21(30)28-27-16-11-17(23(2,3)4)22(31)18(12-16)24(5,6)7/h8-12,31H,13H2,1-7H3. The van der Waals surface area contributed by atoms with Gasteiger partial charge in [-0.15, -0.1) is 10.2 Å². The number of halogens is 2.